The van der Waals surface area contributed by atoms with Crippen LogP contribution in [0.1, 0.15) is 44.3 Å². The van der Waals surface area contributed by atoms with Crippen LogP contribution in [-0.4, -0.2) is 38.4 Å². The summed E-state index contributed by atoms with van der Waals surface area (Å²) in [6.45, 7) is 1.42. The molecule has 0 saturated carbocycles. The number of hydrogen-bond donors (Lipinski definition) is 0. The molecule has 0 heterocycles. The Morgan fingerprint density at radius 2 is 1.70 bits per heavy atom. The summed E-state index contributed by atoms with van der Waals surface area (Å²) in [5.74, 6) is -0.339. The first-order valence-corrected chi connectivity index (χ1v) is 8.26. The molecule has 2 aromatic rings. The Morgan fingerprint density at radius 1 is 0.963 bits per heavy atom. The summed E-state index contributed by atoms with van der Waals surface area (Å²) in [7, 11) is 2.89. The molecule has 0 aliphatic heterocycles. The fourth-order valence-electron chi connectivity index (χ4n) is 3.10. The maximum Gasteiger partial charge on any atom is 0.302 e. The Labute approximate surface area is 156 Å². The topological polar surface area (TPSA) is 78.9 Å². The van der Waals surface area contributed by atoms with Gasteiger partial charge in [-0.15, -0.1) is 0 Å². The molecule has 0 atom stereocenters. The highest BCUT2D eigenvalue weighted by atomic mass is 16.5. The lowest BCUT2D eigenvalue weighted by Crippen LogP contribution is -2.22. The van der Waals surface area contributed by atoms with Crippen molar-refractivity contribution in [3.8, 4) is 11.5 Å². The van der Waals surface area contributed by atoms with Crippen molar-refractivity contribution in [1.82, 2.24) is 0 Å². The molecule has 0 saturated heterocycles. The van der Waals surface area contributed by atoms with E-state index in [2.05, 4.69) is 0 Å². The first kappa shape index (κ1) is 18.4. The Morgan fingerprint density at radius 3 is 2.37 bits per heavy atom. The number of carbonyl (C=O) groups excluding carboxylic acids is 3. The average Bonchev–Trinajstić information content (AvgIpc) is 2.67. The van der Waals surface area contributed by atoms with Gasteiger partial charge in [-0.25, -0.2) is 0 Å². The zero-order valence-electron chi connectivity index (χ0n) is 15.2. The lowest BCUT2D eigenvalue weighted by Gasteiger charge is -2.22. The predicted octanol–water partition coefficient (Wildman–Crippen LogP) is 3.06. The molecule has 0 bridgehead atoms. The van der Waals surface area contributed by atoms with E-state index < -0.39 is 0 Å². The molecule has 1 aliphatic rings. The van der Waals surface area contributed by atoms with Crippen LogP contribution in [0.2, 0.25) is 0 Å². The third kappa shape index (κ3) is 3.21. The fourth-order valence-corrected chi connectivity index (χ4v) is 3.10. The molecular formula is C21H18O6. The smallest absolute Gasteiger partial charge is 0.302 e. The highest BCUT2D eigenvalue weighted by molar-refractivity contribution is 6.30. The summed E-state index contributed by atoms with van der Waals surface area (Å²) in [6, 6.07) is 8.23. The van der Waals surface area contributed by atoms with Gasteiger partial charge in [0.15, 0.2) is 5.78 Å². The number of benzene rings is 2. The number of carbonyl (C=O) groups is 3. The average molecular weight is 366 g/mol. The van der Waals surface area contributed by atoms with Crippen molar-refractivity contribution in [1.29, 1.82) is 0 Å². The molecular weight excluding hydrogens is 348 g/mol. The second-order valence-electron chi connectivity index (χ2n) is 5.86. The van der Waals surface area contributed by atoms with Crippen LogP contribution in [0.15, 0.2) is 36.4 Å². The Hall–Kier alpha value is -3.41. The molecule has 0 aromatic heterocycles. The van der Waals surface area contributed by atoms with E-state index in [4.69, 9.17) is 14.2 Å². The summed E-state index contributed by atoms with van der Waals surface area (Å²) in [4.78, 5) is 36.9. The molecule has 0 amide bonds. The van der Waals surface area contributed by atoms with Gasteiger partial charge < -0.3 is 14.2 Å². The molecule has 0 radical (unpaired) electrons. The van der Waals surface area contributed by atoms with Gasteiger partial charge in [0, 0.05) is 23.6 Å². The van der Waals surface area contributed by atoms with Crippen molar-refractivity contribution in [2.75, 3.05) is 20.8 Å². The SMILES string of the molecule is COc1cccc2c1C(=O)c1c(ccc(C=CCOC(C)=O)c1OC)C2=O. The molecule has 2 aromatic carbocycles. The van der Waals surface area contributed by atoms with Crippen molar-refractivity contribution < 1.29 is 28.6 Å². The molecule has 0 spiro atoms. The number of hydrogen-bond acceptors (Lipinski definition) is 6. The molecule has 6 nitrogen and oxygen atoms in total. The first-order chi connectivity index (χ1) is 13.0. The van der Waals surface area contributed by atoms with Gasteiger partial charge in [-0.05, 0) is 18.2 Å². The Kier molecular flexibility index (Phi) is 5.07. The van der Waals surface area contributed by atoms with Crippen LogP contribution in [0.4, 0.5) is 0 Å². The number of rotatable bonds is 5. The monoisotopic (exact) mass is 366 g/mol. The molecule has 3 rings (SSSR count). The van der Waals surface area contributed by atoms with Gasteiger partial charge >= 0.3 is 5.97 Å². The van der Waals surface area contributed by atoms with Gasteiger partial charge in [0.1, 0.15) is 18.1 Å². The van der Waals surface area contributed by atoms with E-state index in [-0.39, 0.29) is 40.8 Å². The van der Waals surface area contributed by atoms with E-state index in [1.165, 1.54) is 21.1 Å². The van der Waals surface area contributed by atoms with Gasteiger partial charge in [0.2, 0.25) is 5.78 Å². The van der Waals surface area contributed by atoms with E-state index in [1.807, 2.05) is 0 Å². The minimum Gasteiger partial charge on any atom is -0.496 e. The van der Waals surface area contributed by atoms with E-state index in [1.54, 1.807) is 42.5 Å². The van der Waals surface area contributed by atoms with Gasteiger partial charge in [0.25, 0.3) is 0 Å². The predicted molar refractivity (Wildman–Crippen MR) is 98.5 cm³/mol. The highest BCUT2D eigenvalue weighted by Crippen LogP contribution is 2.39. The minimum atomic E-state index is -0.387. The minimum absolute atomic E-state index is 0.0963. The van der Waals surface area contributed by atoms with Crippen molar-refractivity contribution in [2.45, 2.75) is 6.92 Å². The second kappa shape index (κ2) is 7.45. The fraction of sp³-hybridized carbons (Fsp3) is 0.190. The van der Waals surface area contributed by atoms with Crippen LogP contribution in [0.3, 0.4) is 0 Å². The summed E-state index contributed by atoms with van der Waals surface area (Å²) in [6.07, 6.45) is 3.31. The van der Waals surface area contributed by atoms with Crippen LogP contribution in [-0.2, 0) is 9.53 Å². The first-order valence-electron chi connectivity index (χ1n) is 8.26. The summed E-state index contributed by atoms with van der Waals surface area (Å²) >= 11 is 0. The van der Waals surface area contributed by atoms with E-state index in [9.17, 15) is 14.4 Å². The zero-order chi connectivity index (χ0) is 19.6. The standard InChI is InChI=1S/C21H18O6/c1-12(22)27-11-5-6-13-9-10-15-18(21(13)26-3)20(24)17-14(19(15)23)7-4-8-16(17)25-2/h4-10H,11H2,1-3H3. The van der Waals surface area contributed by atoms with E-state index in [0.29, 0.717) is 22.6 Å². The number of esters is 1. The van der Waals surface area contributed by atoms with Gasteiger partial charge in [-0.1, -0.05) is 24.3 Å². The third-order valence-corrected chi connectivity index (χ3v) is 4.26. The number of fused-ring (bicyclic) bond motifs is 2. The van der Waals surface area contributed by atoms with Crippen molar-refractivity contribution in [3.05, 3.63) is 64.2 Å². The van der Waals surface area contributed by atoms with Gasteiger partial charge in [-0.3, -0.25) is 14.4 Å². The normalized spacial score (nSPS) is 12.6. The second-order valence-corrected chi connectivity index (χ2v) is 5.86. The number of methoxy groups -OCH3 is 2. The largest absolute Gasteiger partial charge is 0.496 e. The van der Waals surface area contributed by atoms with Crippen LogP contribution < -0.4 is 9.47 Å². The van der Waals surface area contributed by atoms with Gasteiger partial charge in [0.05, 0.1) is 25.3 Å². The zero-order valence-corrected chi connectivity index (χ0v) is 15.2. The molecule has 1 aliphatic carbocycles. The third-order valence-electron chi connectivity index (χ3n) is 4.26. The summed E-state index contributed by atoms with van der Waals surface area (Å²) in [5, 5.41) is 0. The Bertz CT molecular complexity index is 971. The highest BCUT2D eigenvalue weighted by Gasteiger charge is 2.35. The summed E-state index contributed by atoms with van der Waals surface area (Å²) < 4.78 is 15.6. The number of ether oxygens (including phenoxy) is 3. The van der Waals surface area contributed by atoms with Crippen LogP contribution in [0, 0.1) is 0 Å². The summed E-state index contributed by atoms with van der Waals surface area (Å²) in [5.41, 5.74) is 1.63. The lowest BCUT2D eigenvalue weighted by atomic mass is 9.82. The molecule has 0 fully saturated rings. The maximum absolute atomic E-state index is 13.2. The van der Waals surface area contributed by atoms with Crippen LogP contribution in [0.25, 0.3) is 6.08 Å². The molecule has 0 unspecified atom stereocenters. The van der Waals surface area contributed by atoms with Crippen LogP contribution >= 0.6 is 0 Å². The lowest BCUT2D eigenvalue weighted by molar-refractivity contribution is -0.139. The van der Waals surface area contributed by atoms with Crippen molar-refractivity contribution in [3.63, 3.8) is 0 Å². The maximum atomic E-state index is 13.2. The molecule has 138 valence electrons. The van der Waals surface area contributed by atoms with Crippen molar-refractivity contribution >= 4 is 23.6 Å². The van der Waals surface area contributed by atoms with E-state index in [0.717, 1.165) is 0 Å². The molecule has 6 heteroatoms. The van der Waals surface area contributed by atoms with E-state index >= 15 is 0 Å². The van der Waals surface area contributed by atoms with Crippen LogP contribution in [0.5, 0.6) is 11.5 Å². The number of ketones is 2. The van der Waals surface area contributed by atoms with Crippen molar-refractivity contribution in [2.24, 2.45) is 0 Å². The molecule has 27 heavy (non-hydrogen) atoms. The Balaban J connectivity index is 2.11. The van der Waals surface area contributed by atoms with Gasteiger partial charge in [-0.2, -0.15) is 0 Å². The quantitative estimate of drug-likeness (QED) is 0.646. The molecule has 0 N–H and O–H groups in total.